The van der Waals surface area contributed by atoms with Gasteiger partial charge in [-0.1, -0.05) is 6.07 Å². The van der Waals surface area contributed by atoms with Crippen LogP contribution < -0.4 is 5.73 Å². The van der Waals surface area contributed by atoms with Gasteiger partial charge in [0.05, 0.1) is 6.61 Å². The zero-order chi connectivity index (χ0) is 9.86. The van der Waals surface area contributed by atoms with E-state index < -0.39 is 0 Å². The van der Waals surface area contributed by atoms with Gasteiger partial charge in [0.1, 0.15) is 0 Å². The summed E-state index contributed by atoms with van der Waals surface area (Å²) >= 11 is 1.83. The van der Waals surface area contributed by atoms with E-state index >= 15 is 0 Å². The van der Waals surface area contributed by atoms with Crippen molar-refractivity contribution >= 4 is 11.3 Å². The number of ether oxygens (including phenoxy) is 1. The Morgan fingerprint density at radius 3 is 3.07 bits per heavy atom. The number of nitrogens with two attached hydrogens (primary N) is 1. The summed E-state index contributed by atoms with van der Waals surface area (Å²) in [5.41, 5.74) is 6.10. The Labute approximate surface area is 89.1 Å². The molecule has 3 heteroatoms. The van der Waals surface area contributed by atoms with Gasteiger partial charge in [-0.15, -0.1) is 11.3 Å². The van der Waals surface area contributed by atoms with E-state index in [4.69, 9.17) is 10.5 Å². The average molecular weight is 211 g/mol. The second kappa shape index (κ2) is 4.43. The minimum atomic E-state index is 0.268. The maximum Gasteiger partial charge on any atom is 0.0535 e. The predicted molar refractivity (Wildman–Crippen MR) is 59.6 cm³/mol. The van der Waals surface area contributed by atoms with E-state index in [9.17, 15) is 0 Å². The topological polar surface area (TPSA) is 35.2 Å². The minimum Gasteiger partial charge on any atom is -0.381 e. The third kappa shape index (κ3) is 2.16. The lowest BCUT2D eigenvalue weighted by Crippen LogP contribution is -2.31. The SMILES string of the molecule is NCC1(CCc2cccs2)CCOC1. The van der Waals surface area contributed by atoms with Gasteiger partial charge in [0.2, 0.25) is 0 Å². The Morgan fingerprint density at radius 1 is 1.57 bits per heavy atom. The zero-order valence-corrected chi connectivity index (χ0v) is 9.19. The molecule has 1 fully saturated rings. The van der Waals surface area contributed by atoms with Gasteiger partial charge in [0.15, 0.2) is 0 Å². The van der Waals surface area contributed by atoms with Crippen molar-refractivity contribution in [2.45, 2.75) is 19.3 Å². The van der Waals surface area contributed by atoms with Crippen molar-refractivity contribution in [1.82, 2.24) is 0 Å². The van der Waals surface area contributed by atoms with Gasteiger partial charge < -0.3 is 10.5 Å². The average Bonchev–Trinajstić information content (AvgIpc) is 2.87. The van der Waals surface area contributed by atoms with Crippen LogP contribution in [0.5, 0.6) is 0 Å². The molecule has 0 aromatic carbocycles. The van der Waals surface area contributed by atoms with Crippen molar-refractivity contribution in [3.8, 4) is 0 Å². The van der Waals surface area contributed by atoms with Gasteiger partial charge in [-0.3, -0.25) is 0 Å². The molecule has 0 aliphatic carbocycles. The normalized spacial score (nSPS) is 26.9. The maximum atomic E-state index is 5.83. The molecule has 0 saturated carbocycles. The summed E-state index contributed by atoms with van der Waals surface area (Å²) < 4.78 is 5.44. The van der Waals surface area contributed by atoms with Gasteiger partial charge in [-0.05, 0) is 30.7 Å². The fourth-order valence-electron chi connectivity index (χ4n) is 1.95. The number of hydrogen-bond acceptors (Lipinski definition) is 3. The summed E-state index contributed by atoms with van der Waals surface area (Å²) in [6.45, 7) is 2.51. The molecule has 1 saturated heterocycles. The van der Waals surface area contributed by atoms with Crippen LogP contribution in [0.2, 0.25) is 0 Å². The molecule has 1 atom stereocenters. The lowest BCUT2D eigenvalue weighted by atomic mass is 9.82. The Bertz CT molecular complexity index is 265. The summed E-state index contributed by atoms with van der Waals surface area (Å²) in [7, 11) is 0. The number of aryl methyl sites for hydroxylation is 1. The molecule has 1 aromatic rings. The highest BCUT2D eigenvalue weighted by atomic mass is 32.1. The van der Waals surface area contributed by atoms with Crippen LogP contribution in [0.4, 0.5) is 0 Å². The molecule has 2 nitrogen and oxygen atoms in total. The first-order valence-electron chi connectivity index (χ1n) is 5.15. The van der Waals surface area contributed by atoms with E-state index in [1.807, 2.05) is 11.3 Å². The van der Waals surface area contributed by atoms with E-state index in [2.05, 4.69) is 17.5 Å². The molecular formula is C11H17NOS. The highest BCUT2D eigenvalue weighted by Gasteiger charge is 2.32. The van der Waals surface area contributed by atoms with Crippen molar-refractivity contribution in [3.05, 3.63) is 22.4 Å². The van der Waals surface area contributed by atoms with Crippen LogP contribution >= 0.6 is 11.3 Å². The monoisotopic (exact) mass is 211 g/mol. The van der Waals surface area contributed by atoms with Crippen molar-refractivity contribution in [3.63, 3.8) is 0 Å². The highest BCUT2D eigenvalue weighted by Crippen LogP contribution is 2.32. The third-order valence-electron chi connectivity index (χ3n) is 3.10. The highest BCUT2D eigenvalue weighted by molar-refractivity contribution is 7.09. The number of rotatable bonds is 4. The lowest BCUT2D eigenvalue weighted by molar-refractivity contribution is 0.150. The van der Waals surface area contributed by atoms with Crippen LogP contribution in [0.3, 0.4) is 0 Å². The molecule has 2 heterocycles. The predicted octanol–water partition coefficient (Wildman–Crippen LogP) is 2.05. The summed E-state index contributed by atoms with van der Waals surface area (Å²) in [6.07, 6.45) is 3.46. The molecular weight excluding hydrogens is 194 g/mol. The summed E-state index contributed by atoms with van der Waals surface area (Å²) in [5, 5.41) is 2.13. The Balaban J connectivity index is 1.89. The van der Waals surface area contributed by atoms with Crippen LogP contribution in [0.25, 0.3) is 0 Å². The number of hydrogen-bond donors (Lipinski definition) is 1. The van der Waals surface area contributed by atoms with Crippen LogP contribution in [0, 0.1) is 5.41 Å². The summed E-state index contributed by atoms with van der Waals surface area (Å²) in [5.74, 6) is 0. The Morgan fingerprint density at radius 2 is 2.50 bits per heavy atom. The number of thiophene rings is 1. The van der Waals surface area contributed by atoms with Gasteiger partial charge in [0.25, 0.3) is 0 Å². The van der Waals surface area contributed by atoms with E-state index in [0.29, 0.717) is 0 Å². The van der Waals surface area contributed by atoms with Gasteiger partial charge in [-0.25, -0.2) is 0 Å². The zero-order valence-electron chi connectivity index (χ0n) is 8.37. The minimum absolute atomic E-state index is 0.268. The molecule has 0 radical (unpaired) electrons. The lowest BCUT2D eigenvalue weighted by Gasteiger charge is -2.24. The molecule has 78 valence electrons. The van der Waals surface area contributed by atoms with Gasteiger partial charge in [-0.2, -0.15) is 0 Å². The molecule has 1 aliphatic heterocycles. The quantitative estimate of drug-likeness (QED) is 0.827. The van der Waals surface area contributed by atoms with Crippen LogP contribution in [0.15, 0.2) is 17.5 Å². The standard InChI is InChI=1S/C11H17NOS/c12-8-11(5-6-13-9-11)4-3-10-2-1-7-14-10/h1-2,7H,3-6,8-9,12H2. The second-order valence-electron chi connectivity index (χ2n) is 4.09. The molecule has 0 amide bonds. The maximum absolute atomic E-state index is 5.83. The summed E-state index contributed by atoms with van der Waals surface area (Å²) in [6, 6.07) is 4.31. The fraction of sp³-hybridized carbons (Fsp3) is 0.636. The molecule has 1 aliphatic rings. The van der Waals surface area contributed by atoms with E-state index in [0.717, 1.165) is 32.6 Å². The van der Waals surface area contributed by atoms with Gasteiger partial charge >= 0.3 is 0 Å². The fourth-order valence-corrected chi connectivity index (χ4v) is 2.66. The van der Waals surface area contributed by atoms with Crippen molar-refractivity contribution in [2.75, 3.05) is 19.8 Å². The molecule has 2 N–H and O–H groups in total. The van der Waals surface area contributed by atoms with Crippen molar-refractivity contribution < 1.29 is 4.74 Å². The Hall–Kier alpha value is -0.380. The molecule has 0 spiro atoms. The third-order valence-corrected chi connectivity index (χ3v) is 4.04. The van der Waals surface area contributed by atoms with Crippen LogP contribution in [-0.2, 0) is 11.2 Å². The molecule has 1 aromatic heterocycles. The van der Waals surface area contributed by atoms with Gasteiger partial charge in [0, 0.05) is 23.4 Å². The molecule has 2 rings (SSSR count). The first-order valence-corrected chi connectivity index (χ1v) is 6.03. The first kappa shape index (κ1) is 10.1. The smallest absolute Gasteiger partial charge is 0.0535 e. The van der Waals surface area contributed by atoms with Crippen molar-refractivity contribution in [1.29, 1.82) is 0 Å². The van der Waals surface area contributed by atoms with Crippen LogP contribution in [0.1, 0.15) is 17.7 Å². The van der Waals surface area contributed by atoms with E-state index in [1.165, 1.54) is 11.3 Å². The molecule has 0 bridgehead atoms. The van der Waals surface area contributed by atoms with Crippen molar-refractivity contribution in [2.24, 2.45) is 11.1 Å². The second-order valence-corrected chi connectivity index (χ2v) is 5.12. The molecule has 1 unspecified atom stereocenters. The summed E-state index contributed by atoms with van der Waals surface area (Å²) in [4.78, 5) is 1.46. The molecule has 14 heavy (non-hydrogen) atoms. The Kier molecular flexibility index (Phi) is 3.21. The largest absolute Gasteiger partial charge is 0.381 e. The van der Waals surface area contributed by atoms with E-state index in [-0.39, 0.29) is 5.41 Å². The van der Waals surface area contributed by atoms with E-state index in [1.54, 1.807) is 0 Å². The van der Waals surface area contributed by atoms with Crippen LogP contribution in [-0.4, -0.2) is 19.8 Å². The first-order chi connectivity index (χ1) is 6.85.